The molecule has 128 valence electrons. The maximum atomic E-state index is 12.4. The van der Waals surface area contributed by atoms with Crippen LogP contribution in [0.4, 0.5) is 4.79 Å². The Balaban J connectivity index is 1.82. The summed E-state index contributed by atoms with van der Waals surface area (Å²) in [5.41, 5.74) is -0.403. The molecule has 22 heavy (non-hydrogen) atoms. The van der Waals surface area contributed by atoms with Crippen molar-refractivity contribution in [1.29, 1.82) is 0 Å². The first kappa shape index (κ1) is 17.5. The van der Waals surface area contributed by atoms with Crippen molar-refractivity contribution in [2.24, 2.45) is 5.92 Å². The first-order valence-corrected chi connectivity index (χ1v) is 8.65. The van der Waals surface area contributed by atoms with E-state index in [0.29, 0.717) is 5.92 Å². The number of carbonyl (C=O) groups is 1. The highest BCUT2D eigenvalue weighted by atomic mass is 16.6. The van der Waals surface area contributed by atoms with Crippen LogP contribution in [0.2, 0.25) is 0 Å². The maximum absolute atomic E-state index is 12.4. The van der Waals surface area contributed by atoms with Gasteiger partial charge < -0.3 is 26.3 Å². The van der Waals surface area contributed by atoms with Gasteiger partial charge in [0.2, 0.25) is 0 Å². The van der Waals surface area contributed by atoms with Crippen LogP contribution in [-0.4, -0.2) is 67.8 Å². The number of amides is 1. The van der Waals surface area contributed by atoms with Crippen LogP contribution in [0.3, 0.4) is 0 Å². The van der Waals surface area contributed by atoms with Gasteiger partial charge in [-0.2, -0.15) is 12.8 Å². The summed E-state index contributed by atoms with van der Waals surface area (Å²) in [4.78, 5) is 16.6. The first-order valence-electron chi connectivity index (χ1n) is 8.65. The molecule has 2 rings (SSSR count). The average Bonchev–Trinajstić information content (AvgIpc) is 2.80. The van der Waals surface area contributed by atoms with Crippen LogP contribution < -0.4 is 5.32 Å². The lowest BCUT2D eigenvalue weighted by Crippen LogP contribution is -2.41. The van der Waals surface area contributed by atoms with E-state index in [1.165, 1.54) is 0 Å². The van der Waals surface area contributed by atoms with Gasteiger partial charge in [-0.25, -0.2) is 4.79 Å². The molecule has 0 radical (unpaired) electrons. The highest BCUT2D eigenvalue weighted by Crippen LogP contribution is 2.25. The molecule has 0 saturated carbocycles. The Bertz CT molecular complexity index is 352. The Labute approximate surface area is 135 Å². The quantitative estimate of drug-likeness (QED) is 0.811. The minimum atomic E-state index is -0.403. The standard InChI is InChI=1S/C17H32N3O2/c1-17(2,13-15-7-4-5-8-18-14-15)22-16(21)20-10-6-9-19(3)11-12-20/h4,15,18H,5-14H2,1-3H3/q-1. The second-order valence-corrected chi connectivity index (χ2v) is 7.36. The van der Waals surface area contributed by atoms with Crippen LogP contribution in [0.15, 0.2) is 0 Å². The van der Waals surface area contributed by atoms with Crippen molar-refractivity contribution < 1.29 is 9.53 Å². The van der Waals surface area contributed by atoms with Crippen LogP contribution in [0, 0.1) is 12.3 Å². The topological polar surface area (TPSA) is 44.8 Å². The maximum Gasteiger partial charge on any atom is 0.410 e. The van der Waals surface area contributed by atoms with E-state index in [-0.39, 0.29) is 6.09 Å². The van der Waals surface area contributed by atoms with Gasteiger partial charge >= 0.3 is 6.09 Å². The van der Waals surface area contributed by atoms with Crippen LogP contribution >= 0.6 is 0 Å². The number of carbonyl (C=O) groups excluding carboxylic acids is 1. The average molecular weight is 310 g/mol. The third kappa shape index (κ3) is 5.76. The molecule has 5 nitrogen and oxygen atoms in total. The van der Waals surface area contributed by atoms with Gasteiger partial charge in [-0.1, -0.05) is 5.92 Å². The molecular weight excluding hydrogens is 278 g/mol. The van der Waals surface area contributed by atoms with Gasteiger partial charge in [-0.05, 0) is 53.4 Å². The van der Waals surface area contributed by atoms with E-state index in [0.717, 1.165) is 65.0 Å². The molecule has 2 saturated heterocycles. The third-order valence-corrected chi connectivity index (χ3v) is 4.58. The Hall–Kier alpha value is -0.810. The van der Waals surface area contributed by atoms with Crippen molar-refractivity contribution in [2.45, 2.75) is 45.1 Å². The van der Waals surface area contributed by atoms with E-state index in [2.05, 4.69) is 23.7 Å². The number of rotatable bonds is 3. The lowest BCUT2D eigenvalue weighted by Gasteiger charge is -2.33. The number of likely N-dealkylation sites (N-methyl/N-ethyl adjacent to an activating group) is 1. The number of nitrogens with zero attached hydrogens (tertiary/aromatic N) is 2. The summed E-state index contributed by atoms with van der Waals surface area (Å²) in [6, 6.07) is 0. The lowest BCUT2D eigenvalue weighted by atomic mass is 9.90. The second kappa shape index (κ2) is 8.16. The number of nitrogens with one attached hydrogen (secondary N) is 1. The molecule has 0 aromatic heterocycles. The van der Waals surface area contributed by atoms with Gasteiger partial charge in [0.05, 0.1) is 0 Å². The second-order valence-electron chi connectivity index (χ2n) is 7.36. The van der Waals surface area contributed by atoms with Gasteiger partial charge in [0.15, 0.2) is 0 Å². The largest absolute Gasteiger partial charge is 0.443 e. The minimum absolute atomic E-state index is 0.147. The summed E-state index contributed by atoms with van der Waals surface area (Å²) in [7, 11) is 2.11. The van der Waals surface area contributed by atoms with Gasteiger partial charge in [-0.15, -0.1) is 0 Å². The minimum Gasteiger partial charge on any atom is -0.443 e. The lowest BCUT2D eigenvalue weighted by molar-refractivity contribution is -0.000245. The molecule has 2 heterocycles. The van der Waals surface area contributed by atoms with E-state index in [4.69, 9.17) is 4.74 Å². The molecule has 2 aliphatic rings. The van der Waals surface area contributed by atoms with Crippen LogP contribution in [-0.2, 0) is 4.74 Å². The predicted octanol–water partition coefficient (Wildman–Crippen LogP) is 2.13. The summed E-state index contributed by atoms with van der Waals surface area (Å²) in [5.74, 6) is 0.556. The molecule has 0 spiro atoms. The van der Waals surface area contributed by atoms with E-state index < -0.39 is 5.60 Å². The van der Waals surface area contributed by atoms with Crippen LogP contribution in [0.1, 0.15) is 39.5 Å². The summed E-state index contributed by atoms with van der Waals surface area (Å²) < 4.78 is 5.84. The van der Waals surface area contributed by atoms with Crippen molar-refractivity contribution in [3.63, 3.8) is 0 Å². The van der Waals surface area contributed by atoms with Gasteiger partial charge in [0.25, 0.3) is 0 Å². The van der Waals surface area contributed by atoms with Crippen molar-refractivity contribution in [3.8, 4) is 0 Å². The van der Waals surface area contributed by atoms with Crippen molar-refractivity contribution >= 4 is 6.09 Å². The molecule has 5 heteroatoms. The molecule has 2 fully saturated rings. The van der Waals surface area contributed by atoms with Crippen molar-refractivity contribution in [2.75, 3.05) is 46.3 Å². The Morgan fingerprint density at radius 3 is 2.95 bits per heavy atom. The van der Waals surface area contributed by atoms with E-state index >= 15 is 0 Å². The fourth-order valence-electron chi connectivity index (χ4n) is 3.37. The Kier molecular flexibility index (Phi) is 6.50. The Morgan fingerprint density at radius 1 is 1.32 bits per heavy atom. The molecular formula is C17H32N3O2-. The van der Waals surface area contributed by atoms with Crippen LogP contribution in [0.5, 0.6) is 0 Å². The van der Waals surface area contributed by atoms with Gasteiger partial charge in [-0.3, -0.25) is 0 Å². The highest BCUT2D eigenvalue weighted by Gasteiger charge is 2.29. The highest BCUT2D eigenvalue weighted by molar-refractivity contribution is 5.68. The molecule has 0 aromatic rings. The van der Waals surface area contributed by atoms with Crippen molar-refractivity contribution in [3.05, 3.63) is 6.42 Å². The zero-order chi connectivity index (χ0) is 16.0. The molecule has 0 aromatic carbocycles. The summed E-state index contributed by atoms with van der Waals surface area (Å²) in [6.45, 7) is 9.72. The van der Waals surface area contributed by atoms with E-state index in [1.807, 2.05) is 18.7 Å². The zero-order valence-electron chi connectivity index (χ0n) is 14.4. The molecule has 0 bridgehead atoms. The summed E-state index contributed by atoms with van der Waals surface area (Å²) >= 11 is 0. The Morgan fingerprint density at radius 2 is 2.14 bits per heavy atom. The molecule has 1 amide bonds. The fraction of sp³-hybridized carbons (Fsp3) is 0.882. The monoisotopic (exact) mass is 310 g/mol. The molecule has 0 aliphatic carbocycles. The first-order chi connectivity index (χ1) is 10.5. The fourth-order valence-corrected chi connectivity index (χ4v) is 3.37. The zero-order valence-corrected chi connectivity index (χ0v) is 14.4. The smallest absolute Gasteiger partial charge is 0.410 e. The summed E-state index contributed by atoms with van der Waals surface area (Å²) in [6.07, 6.45) is 6.39. The van der Waals surface area contributed by atoms with Crippen LogP contribution in [0.25, 0.3) is 0 Å². The van der Waals surface area contributed by atoms with E-state index in [9.17, 15) is 4.79 Å². The summed E-state index contributed by atoms with van der Waals surface area (Å²) in [5, 5.41) is 3.46. The molecule has 1 unspecified atom stereocenters. The SMILES string of the molecule is CN1CCCN(C(=O)OC(C)(C)CC2C[CH-]CCNC2)CC1. The predicted molar refractivity (Wildman–Crippen MR) is 88.8 cm³/mol. The number of hydrogen-bond acceptors (Lipinski definition) is 4. The normalized spacial score (nSPS) is 25.4. The molecule has 1 atom stereocenters. The molecule has 2 aliphatic heterocycles. The van der Waals surface area contributed by atoms with Gasteiger partial charge in [0, 0.05) is 19.6 Å². The number of hydrogen-bond donors (Lipinski definition) is 1. The van der Waals surface area contributed by atoms with E-state index in [1.54, 1.807) is 0 Å². The van der Waals surface area contributed by atoms with Crippen molar-refractivity contribution in [1.82, 2.24) is 15.1 Å². The number of ether oxygens (including phenoxy) is 1. The third-order valence-electron chi connectivity index (χ3n) is 4.58. The molecule has 1 N–H and O–H groups in total. The van der Waals surface area contributed by atoms with Gasteiger partial charge in [0.1, 0.15) is 5.60 Å².